The van der Waals surface area contributed by atoms with Crippen LogP contribution >= 0.6 is 11.3 Å². The predicted molar refractivity (Wildman–Crippen MR) is 179 cm³/mol. The minimum Gasteiger partial charge on any atom is -1.00 e. The second kappa shape index (κ2) is 20.0. The summed E-state index contributed by atoms with van der Waals surface area (Å²) in [7, 11) is 0. The van der Waals surface area contributed by atoms with Crippen LogP contribution in [-0.2, 0) is 23.2 Å². The average molecular weight is 672 g/mol. The first kappa shape index (κ1) is 37.0. The van der Waals surface area contributed by atoms with E-state index in [0.717, 1.165) is 36.6 Å². The molecule has 1 N–H and O–H groups in total. The summed E-state index contributed by atoms with van der Waals surface area (Å²) in [6.07, 6.45) is 18.5. The summed E-state index contributed by atoms with van der Waals surface area (Å²) in [6, 6.07) is 14.4. The number of amides is 1. The van der Waals surface area contributed by atoms with Crippen LogP contribution in [0.1, 0.15) is 126 Å². The Morgan fingerprint density at radius 2 is 1.42 bits per heavy atom. The molecular weight excluding hydrogens is 616 g/mol. The van der Waals surface area contributed by atoms with Crippen molar-refractivity contribution in [3.05, 3.63) is 75.7 Å². The number of carbonyl (C=O) groups is 1. The Bertz CT molecular complexity index is 1200. The molecule has 0 aliphatic heterocycles. The number of nitrogens with zero attached hydrogens (tertiary/aromatic N) is 1. The lowest BCUT2D eigenvalue weighted by Gasteiger charge is -2.23. The Balaban J connectivity index is 0.00000645. The smallest absolute Gasteiger partial charge is 0.228 e. The number of hydrogen-bond donors (Lipinski definition) is 1. The fraction of sp³-hybridized carbons (Fsp3) is 0.568. The van der Waals surface area contributed by atoms with Crippen molar-refractivity contribution in [1.29, 1.82) is 0 Å². The topological polar surface area (TPSA) is 42.2 Å². The molecule has 6 heteroatoms. The number of aromatic nitrogens is 1. The van der Waals surface area contributed by atoms with Gasteiger partial charge in [0.15, 0.2) is 12.7 Å². The Hall–Kier alpha value is -2.18. The summed E-state index contributed by atoms with van der Waals surface area (Å²) in [5.74, 6) is 0.905. The van der Waals surface area contributed by atoms with E-state index in [1.54, 1.807) is 11.3 Å². The molecule has 0 aliphatic rings. The van der Waals surface area contributed by atoms with Crippen molar-refractivity contribution in [1.82, 2.24) is 0 Å². The number of rotatable bonds is 19. The molecule has 3 rings (SSSR count). The van der Waals surface area contributed by atoms with Crippen LogP contribution in [0.4, 0.5) is 5.69 Å². The Labute approximate surface area is 276 Å². The highest BCUT2D eigenvalue weighted by atomic mass is 79.9. The molecule has 1 heterocycles. The highest BCUT2D eigenvalue weighted by molar-refractivity contribution is 7.09. The number of nitrogens with one attached hydrogen (secondary N) is 1. The zero-order chi connectivity index (χ0) is 30.2. The zero-order valence-electron chi connectivity index (χ0n) is 27.4. The minimum atomic E-state index is -0.0194. The van der Waals surface area contributed by atoms with E-state index in [0.29, 0.717) is 6.42 Å². The van der Waals surface area contributed by atoms with Crippen molar-refractivity contribution < 1.29 is 31.1 Å². The molecule has 0 atom stereocenters. The highest BCUT2D eigenvalue weighted by Crippen LogP contribution is 2.32. The van der Waals surface area contributed by atoms with E-state index in [4.69, 9.17) is 4.74 Å². The van der Waals surface area contributed by atoms with Crippen LogP contribution in [-0.4, -0.2) is 12.5 Å². The Kier molecular flexibility index (Phi) is 17.2. The molecule has 0 aliphatic carbocycles. The number of ether oxygens (including phenoxy) is 1. The van der Waals surface area contributed by atoms with Gasteiger partial charge in [-0.1, -0.05) is 134 Å². The van der Waals surface area contributed by atoms with Crippen molar-refractivity contribution in [2.75, 3.05) is 11.9 Å². The maximum Gasteiger partial charge on any atom is 0.228 e. The highest BCUT2D eigenvalue weighted by Gasteiger charge is 2.20. The third-order valence-corrected chi connectivity index (χ3v) is 8.65. The van der Waals surface area contributed by atoms with Gasteiger partial charge in [0.05, 0.1) is 17.9 Å². The number of hydrogen-bond acceptors (Lipinski definition) is 3. The van der Waals surface area contributed by atoms with E-state index in [1.165, 1.54) is 86.6 Å². The summed E-state index contributed by atoms with van der Waals surface area (Å²) in [4.78, 5) is 14.2. The average Bonchev–Trinajstić information content (AvgIpc) is 3.36. The molecule has 238 valence electrons. The Morgan fingerprint density at radius 3 is 1.98 bits per heavy atom. The van der Waals surface area contributed by atoms with Gasteiger partial charge in [-0.3, -0.25) is 4.79 Å². The summed E-state index contributed by atoms with van der Waals surface area (Å²) in [5, 5.41) is 3.06. The Morgan fingerprint density at radius 1 is 0.837 bits per heavy atom. The van der Waals surface area contributed by atoms with Gasteiger partial charge in [-0.05, 0) is 48.1 Å². The first-order chi connectivity index (χ1) is 20.2. The molecule has 2 aromatic carbocycles. The van der Waals surface area contributed by atoms with E-state index in [1.807, 2.05) is 12.1 Å². The lowest BCUT2D eigenvalue weighted by atomic mass is 9.85. The van der Waals surface area contributed by atoms with Gasteiger partial charge in [0.2, 0.25) is 11.4 Å². The van der Waals surface area contributed by atoms with Crippen LogP contribution in [0.15, 0.2) is 54.2 Å². The lowest BCUT2D eigenvalue weighted by Crippen LogP contribution is -3.00. The molecular formula is C37H55BrN2O2S. The van der Waals surface area contributed by atoms with Crippen molar-refractivity contribution in [3.8, 4) is 5.75 Å². The minimum absolute atomic E-state index is 0. The van der Waals surface area contributed by atoms with Crippen LogP contribution in [0.2, 0.25) is 0 Å². The standard InChI is InChI=1S/C37H54N2O2S.BrH/c1-6-7-8-9-10-11-12-13-14-15-16-17-24-41-35-25-32(20-23-34(35)37(3,4)5)26-36(40)38-33-21-18-31(19-22-33)28-39-27-30(2)42-29-39;/h18-23,25,27,29H,6-17,24,26,28H2,1-5H3;1H. The molecule has 43 heavy (non-hydrogen) atoms. The van der Waals surface area contributed by atoms with Crippen LogP contribution in [0, 0.1) is 6.92 Å². The molecule has 0 unspecified atom stereocenters. The summed E-state index contributed by atoms with van der Waals surface area (Å²) < 4.78 is 8.51. The van der Waals surface area contributed by atoms with E-state index < -0.39 is 0 Å². The number of halogens is 1. The molecule has 1 amide bonds. The van der Waals surface area contributed by atoms with Crippen LogP contribution < -0.4 is 31.6 Å². The molecule has 0 fully saturated rings. The molecule has 4 nitrogen and oxygen atoms in total. The molecule has 3 aromatic rings. The SMILES string of the molecule is CCCCCCCCCCCCCCOc1cc(CC(=O)Nc2ccc(C[n+]3csc(C)c3)cc2)ccc1C(C)(C)C.[Br-]. The number of benzene rings is 2. The van der Waals surface area contributed by atoms with Crippen LogP contribution in [0.5, 0.6) is 5.75 Å². The zero-order valence-corrected chi connectivity index (χ0v) is 29.8. The third-order valence-electron chi connectivity index (χ3n) is 7.80. The monoisotopic (exact) mass is 670 g/mol. The van der Waals surface area contributed by atoms with E-state index in [9.17, 15) is 4.79 Å². The number of anilines is 1. The second-order valence-electron chi connectivity index (χ2n) is 12.9. The van der Waals surface area contributed by atoms with Gasteiger partial charge in [-0.2, -0.15) is 4.57 Å². The number of aryl methyl sites for hydroxylation is 1. The van der Waals surface area contributed by atoms with Gasteiger partial charge in [0, 0.05) is 11.3 Å². The van der Waals surface area contributed by atoms with E-state index in [2.05, 4.69) is 86.5 Å². The largest absolute Gasteiger partial charge is 1.00 e. The van der Waals surface area contributed by atoms with Gasteiger partial charge in [0.1, 0.15) is 5.75 Å². The molecule has 0 spiro atoms. The summed E-state index contributed by atoms with van der Waals surface area (Å²) in [5.41, 5.74) is 6.32. The molecule has 1 aromatic heterocycles. The molecule has 0 saturated carbocycles. The quantitative estimate of drug-likeness (QED) is 0.111. The maximum absolute atomic E-state index is 12.9. The molecule has 0 saturated heterocycles. The normalized spacial score (nSPS) is 11.3. The second-order valence-corrected chi connectivity index (χ2v) is 14.0. The van der Waals surface area contributed by atoms with Gasteiger partial charge < -0.3 is 27.0 Å². The number of carbonyl (C=O) groups excluding carboxylic acids is 1. The lowest BCUT2D eigenvalue weighted by molar-refractivity contribution is -0.683. The third kappa shape index (κ3) is 14.4. The maximum atomic E-state index is 12.9. The summed E-state index contributed by atoms with van der Waals surface area (Å²) in [6.45, 7) is 12.6. The van der Waals surface area contributed by atoms with Crippen molar-refractivity contribution >= 4 is 22.9 Å². The van der Waals surface area contributed by atoms with Crippen molar-refractivity contribution in [2.24, 2.45) is 0 Å². The van der Waals surface area contributed by atoms with Crippen molar-refractivity contribution in [2.45, 2.75) is 130 Å². The van der Waals surface area contributed by atoms with Crippen LogP contribution in [0.25, 0.3) is 0 Å². The number of thiazole rings is 1. The van der Waals surface area contributed by atoms with Gasteiger partial charge >= 0.3 is 0 Å². The summed E-state index contributed by atoms with van der Waals surface area (Å²) >= 11 is 1.75. The van der Waals surface area contributed by atoms with Crippen LogP contribution in [0.3, 0.4) is 0 Å². The van der Waals surface area contributed by atoms with Gasteiger partial charge in [-0.15, -0.1) is 0 Å². The van der Waals surface area contributed by atoms with E-state index in [-0.39, 0.29) is 28.3 Å². The van der Waals surface area contributed by atoms with Gasteiger partial charge in [-0.25, -0.2) is 0 Å². The first-order valence-corrected chi connectivity index (χ1v) is 17.2. The molecule has 0 bridgehead atoms. The first-order valence-electron chi connectivity index (χ1n) is 16.3. The van der Waals surface area contributed by atoms with Crippen molar-refractivity contribution in [3.63, 3.8) is 0 Å². The predicted octanol–water partition coefficient (Wildman–Crippen LogP) is 6.95. The number of unbranched alkanes of at least 4 members (excludes halogenated alkanes) is 11. The van der Waals surface area contributed by atoms with Gasteiger partial charge in [0.25, 0.3) is 0 Å². The molecule has 0 radical (unpaired) electrons. The van der Waals surface area contributed by atoms with E-state index >= 15 is 0 Å². The fourth-order valence-corrected chi connectivity index (χ4v) is 6.00. The fourth-order valence-electron chi connectivity index (χ4n) is 5.36.